The van der Waals surface area contributed by atoms with Crippen LogP contribution in [0.5, 0.6) is 5.75 Å². The van der Waals surface area contributed by atoms with Gasteiger partial charge in [-0.2, -0.15) is 0 Å². The molecule has 0 spiro atoms. The average molecular weight is 468 g/mol. The van der Waals surface area contributed by atoms with E-state index in [1.165, 1.54) is 35.1 Å². The summed E-state index contributed by atoms with van der Waals surface area (Å²) in [6, 6.07) is 8.63. The Morgan fingerprint density at radius 3 is 3.06 bits per heavy atom. The third-order valence-electron chi connectivity index (χ3n) is 7.78. The highest BCUT2D eigenvalue weighted by atomic mass is 32.1. The highest BCUT2D eigenvalue weighted by Crippen LogP contribution is 2.38. The topological polar surface area (TPSA) is 60.9 Å². The third-order valence-corrected chi connectivity index (χ3v) is 8.90. The van der Waals surface area contributed by atoms with Gasteiger partial charge in [0, 0.05) is 49.0 Å². The standard InChI is InChI=1S/C25H33N5O2S/c1-2-28-10-7-17-13-18(15-28)30(14-17)25-27-21-8-11-29(16-23(21)33-25)24(31)26-20-9-12-32-22-6-4-3-5-19(20)22/h3-6,17-18,20H,2,7-16H2,1H3,(H,26,31)/t17?,18?,20-/m0/s1. The van der Waals surface area contributed by atoms with Crippen molar-refractivity contribution in [1.29, 1.82) is 0 Å². The molecule has 2 amide bonds. The molecule has 2 unspecified atom stereocenters. The van der Waals surface area contributed by atoms with E-state index in [1.807, 2.05) is 34.4 Å². The molecule has 0 saturated carbocycles. The van der Waals surface area contributed by atoms with Crippen LogP contribution in [0.15, 0.2) is 24.3 Å². The zero-order valence-electron chi connectivity index (χ0n) is 19.3. The van der Waals surface area contributed by atoms with Gasteiger partial charge in [0.15, 0.2) is 5.13 Å². The van der Waals surface area contributed by atoms with Crippen LogP contribution < -0.4 is 15.0 Å². The minimum Gasteiger partial charge on any atom is -0.493 e. The number of anilines is 1. The van der Waals surface area contributed by atoms with E-state index in [0.717, 1.165) is 56.3 Å². The van der Waals surface area contributed by atoms with E-state index in [4.69, 9.17) is 9.72 Å². The van der Waals surface area contributed by atoms with Crippen LogP contribution in [-0.4, -0.2) is 66.2 Å². The van der Waals surface area contributed by atoms with Crippen LogP contribution in [-0.2, 0) is 13.0 Å². The van der Waals surface area contributed by atoms with Gasteiger partial charge in [-0.1, -0.05) is 36.5 Å². The lowest BCUT2D eigenvalue weighted by atomic mass is 10.0. The Balaban J connectivity index is 1.14. The van der Waals surface area contributed by atoms with Crippen LogP contribution in [0.4, 0.5) is 9.93 Å². The number of para-hydroxylation sites is 1. The van der Waals surface area contributed by atoms with Crippen molar-refractivity contribution in [1.82, 2.24) is 20.1 Å². The molecule has 176 valence electrons. The molecule has 0 radical (unpaired) electrons. The van der Waals surface area contributed by atoms with Gasteiger partial charge in [-0.15, -0.1) is 0 Å². The van der Waals surface area contributed by atoms with Crippen LogP contribution in [0.2, 0.25) is 0 Å². The molecular formula is C25H33N5O2S. The highest BCUT2D eigenvalue weighted by molar-refractivity contribution is 7.15. The monoisotopic (exact) mass is 467 g/mol. The lowest BCUT2D eigenvalue weighted by Gasteiger charge is -2.31. The summed E-state index contributed by atoms with van der Waals surface area (Å²) in [5.41, 5.74) is 2.27. The summed E-state index contributed by atoms with van der Waals surface area (Å²) < 4.78 is 5.75. The summed E-state index contributed by atoms with van der Waals surface area (Å²) in [7, 11) is 0. The van der Waals surface area contributed by atoms with Crippen molar-refractivity contribution >= 4 is 22.5 Å². The van der Waals surface area contributed by atoms with Crippen LogP contribution in [0.25, 0.3) is 0 Å². The molecule has 6 rings (SSSR count). The molecule has 2 fully saturated rings. The normalized spacial score (nSPS) is 26.9. The predicted octanol–water partition coefficient (Wildman–Crippen LogP) is 3.66. The number of likely N-dealkylation sites (tertiary alicyclic amines) is 1. The van der Waals surface area contributed by atoms with Gasteiger partial charge < -0.3 is 24.8 Å². The number of carbonyl (C=O) groups excluding carboxylic acids is 1. The fraction of sp³-hybridized carbons (Fsp3) is 0.600. The van der Waals surface area contributed by atoms with Gasteiger partial charge in [0.1, 0.15) is 5.75 Å². The van der Waals surface area contributed by atoms with Crippen molar-refractivity contribution in [3.63, 3.8) is 0 Å². The summed E-state index contributed by atoms with van der Waals surface area (Å²) in [5, 5.41) is 4.43. The number of rotatable bonds is 3. The van der Waals surface area contributed by atoms with Gasteiger partial charge in [-0.05, 0) is 37.9 Å². The first-order chi connectivity index (χ1) is 16.2. The lowest BCUT2D eigenvalue weighted by Crippen LogP contribution is -2.44. The summed E-state index contributed by atoms with van der Waals surface area (Å²) >= 11 is 1.81. The minimum atomic E-state index is 0.00946. The molecule has 33 heavy (non-hydrogen) atoms. The molecule has 4 aliphatic rings. The number of aromatic nitrogens is 1. The lowest BCUT2D eigenvalue weighted by molar-refractivity contribution is 0.181. The van der Waals surface area contributed by atoms with Crippen LogP contribution in [0.3, 0.4) is 0 Å². The van der Waals surface area contributed by atoms with E-state index in [0.29, 0.717) is 19.2 Å². The first kappa shape index (κ1) is 21.2. The fourth-order valence-electron chi connectivity index (χ4n) is 5.88. The van der Waals surface area contributed by atoms with Crippen molar-refractivity contribution in [2.45, 2.75) is 51.2 Å². The van der Waals surface area contributed by atoms with Crippen molar-refractivity contribution in [2.24, 2.45) is 5.92 Å². The van der Waals surface area contributed by atoms with Crippen LogP contribution in [0.1, 0.15) is 48.4 Å². The second-order valence-electron chi connectivity index (χ2n) is 9.80. The minimum absolute atomic E-state index is 0.00946. The molecule has 8 heteroatoms. The van der Waals surface area contributed by atoms with E-state index in [1.54, 1.807) is 0 Å². The fourth-order valence-corrected chi connectivity index (χ4v) is 7.09. The number of nitrogens with zero attached hydrogens (tertiary/aromatic N) is 4. The maximum atomic E-state index is 13.1. The quantitative estimate of drug-likeness (QED) is 0.747. The van der Waals surface area contributed by atoms with Crippen molar-refractivity contribution in [2.75, 3.05) is 44.2 Å². The first-order valence-corrected chi connectivity index (χ1v) is 13.2. The maximum absolute atomic E-state index is 13.1. The summed E-state index contributed by atoms with van der Waals surface area (Å²) in [6.07, 6.45) is 4.24. The largest absolute Gasteiger partial charge is 0.493 e. The Labute approximate surface area is 199 Å². The number of fused-ring (bicyclic) bond motifs is 4. The number of hydrogen-bond acceptors (Lipinski definition) is 6. The second-order valence-corrected chi connectivity index (χ2v) is 10.9. The van der Waals surface area contributed by atoms with Gasteiger partial charge in [-0.25, -0.2) is 9.78 Å². The van der Waals surface area contributed by atoms with E-state index in [2.05, 4.69) is 28.1 Å². The molecule has 2 bridgehead atoms. The number of thiazole rings is 1. The zero-order valence-corrected chi connectivity index (χ0v) is 20.1. The Hall–Kier alpha value is -2.32. The van der Waals surface area contributed by atoms with E-state index in [-0.39, 0.29) is 12.1 Å². The molecule has 1 aromatic heterocycles. The molecule has 2 aromatic rings. The molecule has 0 aliphatic carbocycles. The summed E-state index contributed by atoms with van der Waals surface area (Å²) in [4.78, 5) is 26.6. The Morgan fingerprint density at radius 2 is 2.15 bits per heavy atom. The molecule has 3 atom stereocenters. The Bertz CT molecular complexity index is 1030. The smallest absolute Gasteiger partial charge is 0.318 e. The first-order valence-electron chi connectivity index (χ1n) is 12.4. The number of urea groups is 1. The number of amides is 2. The number of likely N-dealkylation sites (N-methyl/N-ethyl adjacent to an activating group) is 1. The Kier molecular flexibility index (Phi) is 5.66. The van der Waals surface area contributed by atoms with Crippen LogP contribution in [0, 0.1) is 5.92 Å². The molecule has 4 aliphatic heterocycles. The maximum Gasteiger partial charge on any atom is 0.318 e. The number of nitrogens with one attached hydrogen (secondary N) is 1. The number of carbonyl (C=O) groups is 1. The van der Waals surface area contributed by atoms with Gasteiger partial charge in [0.2, 0.25) is 0 Å². The van der Waals surface area contributed by atoms with Crippen molar-refractivity contribution in [3.05, 3.63) is 40.4 Å². The van der Waals surface area contributed by atoms with Crippen molar-refractivity contribution < 1.29 is 9.53 Å². The SMILES string of the molecule is CCN1CCC2CC(C1)N(c1nc3c(s1)CN(C(=O)N[C@H]1CCOc4ccccc41)CC3)C2. The Morgan fingerprint density at radius 1 is 1.24 bits per heavy atom. The van der Waals surface area contributed by atoms with Crippen molar-refractivity contribution in [3.8, 4) is 5.75 Å². The zero-order chi connectivity index (χ0) is 22.4. The van der Waals surface area contributed by atoms with E-state index >= 15 is 0 Å². The molecule has 2 saturated heterocycles. The molecule has 7 nitrogen and oxygen atoms in total. The van der Waals surface area contributed by atoms with Crippen LogP contribution >= 0.6 is 11.3 Å². The summed E-state index contributed by atoms with van der Waals surface area (Å²) in [6.45, 7) is 8.95. The van der Waals surface area contributed by atoms with E-state index in [9.17, 15) is 4.79 Å². The number of hydrogen-bond donors (Lipinski definition) is 1. The highest BCUT2D eigenvalue weighted by Gasteiger charge is 2.38. The average Bonchev–Trinajstić information content (AvgIpc) is 3.37. The molecule has 5 heterocycles. The van der Waals surface area contributed by atoms with Gasteiger partial charge in [-0.3, -0.25) is 0 Å². The second kappa shape index (κ2) is 8.80. The predicted molar refractivity (Wildman–Crippen MR) is 130 cm³/mol. The van der Waals surface area contributed by atoms with Gasteiger partial charge in [0.05, 0.1) is 24.9 Å². The number of benzene rings is 1. The van der Waals surface area contributed by atoms with E-state index < -0.39 is 0 Å². The van der Waals surface area contributed by atoms with Gasteiger partial charge in [0.25, 0.3) is 0 Å². The molecule has 1 aromatic carbocycles. The molecule has 1 N–H and O–H groups in total. The third kappa shape index (κ3) is 4.08. The van der Waals surface area contributed by atoms with Gasteiger partial charge >= 0.3 is 6.03 Å². The molecular weight excluding hydrogens is 434 g/mol. The summed E-state index contributed by atoms with van der Waals surface area (Å²) in [5.74, 6) is 1.67. The number of ether oxygens (including phenoxy) is 1.